The Morgan fingerprint density at radius 1 is 0.620 bits per heavy atom. The molecule has 10 aromatic rings. The number of amides is 3. The van der Waals surface area contributed by atoms with Gasteiger partial charge < -0.3 is 26.0 Å². The van der Waals surface area contributed by atoms with E-state index in [9.17, 15) is 28.8 Å². The highest BCUT2D eigenvalue weighted by atomic mass is 79.9. The summed E-state index contributed by atoms with van der Waals surface area (Å²) in [5.41, 5.74) is 9.06. The summed E-state index contributed by atoms with van der Waals surface area (Å²) in [7, 11) is 0. The number of carbonyl (C=O) groups excluding carboxylic acids is 5. The van der Waals surface area contributed by atoms with Gasteiger partial charge >= 0.3 is 5.97 Å². The van der Waals surface area contributed by atoms with Crippen LogP contribution in [-0.4, -0.2) is 138 Å². The fraction of sp³-hybridized carbons (Fsp3) is 0.344. The number of fused-ring (bicyclic) bond motifs is 6. The van der Waals surface area contributed by atoms with Gasteiger partial charge in [0.15, 0.2) is 34.5 Å². The van der Waals surface area contributed by atoms with Crippen molar-refractivity contribution in [3.63, 3.8) is 0 Å². The van der Waals surface area contributed by atoms with Gasteiger partial charge in [-0.15, -0.1) is 12.4 Å². The van der Waals surface area contributed by atoms with Gasteiger partial charge in [0.05, 0.1) is 53.3 Å². The standard InChI is InChI=1S/C30H26BrN9O3.C20H17N5O3.C10H11BrN4O.CH4.ClH.S2.H2S/c1-15(41)29-20-6-17(19-10-33-27-9-21(16-2-3-16)36-39(27)13-19)4-5-22(20)38(37-29)14-28(42)40-23-7-18(23)8-24(40)30(43)35-26-12-32-11-25(31)34-26;1-11(26)20-15-6-13(4-5-17(15)24(23-20)10-19(27)28)14-8-21-18-7-16(12-2-3-12)22-25(18)9-14;11-8-3-12-4-9(14-8)15-10(16)7-2-5-1-6(5)13-7;;;1-2;/h4-6,9-13,16,18,23-24H,2-3,7-8,14H2,1H3,(H,34,35,43);4-9,12H,2-3,10H2,1H3,(H,27,28);3-7,13H,1-2H2,(H,14,15,16);1H4;1H;;1H2/t18-,23-,24+;;5-,6-,7+;;;;/m1.1..../s1. The summed E-state index contributed by atoms with van der Waals surface area (Å²) in [6.45, 7) is 2.51. The van der Waals surface area contributed by atoms with Crippen molar-refractivity contribution in [1.29, 1.82) is 0 Å². The minimum atomic E-state index is -1.01. The summed E-state index contributed by atoms with van der Waals surface area (Å²) in [6, 6.07) is 15.2. The van der Waals surface area contributed by atoms with E-state index in [2.05, 4.69) is 115 Å². The molecule has 4 saturated carbocycles. The summed E-state index contributed by atoms with van der Waals surface area (Å²) >= 11 is 13.8. The van der Waals surface area contributed by atoms with Gasteiger partial charge in [-0.3, -0.25) is 48.1 Å². The Bertz CT molecular complexity index is 4530. The molecule has 6 fully saturated rings. The molecule has 2 aliphatic heterocycles. The van der Waals surface area contributed by atoms with Crippen molar-refractivity contribution in [2.75, 3.05) is 10.6 Å². The summed E-state index contributed by atoms with van der Waals surface area (Å²) in [5.74, 6) is 0.975. The zero-order valence-corrected chi connectivity index (χ0v) is 55.1. The highest BCUT2D eigenvalue weighted by molar-refractivity contribution is 9.10. The van der Waals surface area contributed by atoms with Gasteiger partial charge in [0.2, 0.25) is 17.7 Å². The molecular weight excluding hydrogens is 1390 g/mol. The predicted molar refractivity (Wildman–Crippen MR) is 361 cm³/mol. The van der Waals surface area contributed by atoms with Gasteiger partial charge in [-0.1, -0.05) is 19.6 Å². The minimum Gasteiger partial charge on any atom is -0.480 e. The van der Waals surface area contributed by atoms with Crippen molar-refractivity contribution >= 4 is 160 Å². The lowest BCUT2D eigenvalue weighted by Crippen LogP contribution is -2.46. The Morgan fingerprint density at radius 3 is 1.58 bits per heavy atom. The molecule has 31 heteroatoms. The molecule has 10 heterocycles. The number of nitrogens with zero attached hydrogens (tertiary/aromatic N) is 15. The first-order valence-electron chi connectivity index (χ1n) is 28.8. The number of nitrogens with one attached hydrogen (secondary N) is 3. The fourth-order valence-electron chi connectivity index (χ4n) is 11.9. The number of aliphatic carboxylic acids is 1. The average molecular weight is 1450 g/mol. The first kappa shape index (κ1) is 66.9. The minimum absolute atomic E-state index is 0. The maximum atomic E-state index is 13.7. The third-order valence-corrected chi connectivity index (χ3v) is 17.4. The van der Waals surface area contributed by atoms with E-state index in [4.69, 9.17) is 10.2 Å². The van der Waals surface area contributed by atoms with Crippen molar-refractivity contribution < 1.29 is 33.9 Å². The fourth-order valence-corrected chi connectivity index (χ4v) is 12.5. The zero-order chi connectivity index (χ0) is 61.9. The number of halogens is 3. The molecular formula is C61H61Br2ClN18O7S3. The second-order valence-corrected chi connectivity index (χ2v) is 24.7. The van der Waals surface area contributed by atoms with E-state index in [1.165, 1.54) is 63.0 Å². The van der Waals surface area contributed by atoms with Crippen molar-refractivity contribution in [3.05, 3.63) is 130 Å². The zero-order valence-electron chi connectivity index (χ0n) is 48.5. The maximum absolute atomic E-state index is 13.7. The molecule has 0 radical (unpaired) electrons. The summed E-state index contributed by atoms with van der Waals surface area (Å²) < 4.78 is 7.62. The Morgan fingerprint density at radius 2 is 1.12 bits per heavy atom. The van der Waals surface area contributed by atoms with Crippen LogP contribution >= 0.6 is 57.8 Å². The number of aromatic nitrogens is 14. The Kier molecular flexibility index (Phi) is 20.1. The van der Waals surface area contributed by atoms with Crippen molar-refractivity contribution in [2.45, 2.75) is 122 Å². The molecule has 16 rings (SSSR count). The third kappa shape index (κ3) is 14.3. The van der Waals surface area contributed by atoms with Crippen molar-refractivity contribution in [1.82, 2.24) is 78.9 Å². The third-order valence-electron chi connectivity index (χ3n) is 16.7. The molecule has 0 unspecified atom stereocenters. The van der Waals surface area contributed by atoms with Crippen LogP contribution in [0.2, 0.25) is 0 Å². The number of carbonyl (C=O) groups is 6. The monoisotopic (exact) mass is 1450 g/mol. The van der Waals surface area contributed by atoms with Crippen LogP contribution in [0.1, 0.15) is 117 Å². The van der Waals surface area contributed by atoms with Crippen LogP contribution in [0, 0.1) is 11.8 Å². The molecule has 2 saturated heterocycles. The smallest absolute Gasteiger partial charge is 0.325 e. The molecule has 2 aromatic carbocycles. The van der Waals surface area contributed by atoms with Crippen molar-refractivity contribution in [3.8, 4) is 22.3 Å². The van der Waals surface area contributed by atoms with E-state index >= 15 is 0 Å². The van der Waals surface area contributed by atoms with E-state index in [-0.39, 0.29) is 93.5 Å². The van der Waals surface area contributed by atoms with Crippen LogP contribution in [0.5, 0.6) is 0 Å². The van der Waals surface area contributed by atoms with Crippen LogP contribution in [-0.2, 0) is 54.6 Å². The number of hydrogen-bond acceptors (Lipinski definition) is 19. The van der Waals surface area contributed by atoms with Gasteiger partial charge in [-0.25, -0.2) is 29.0 Å². The highest BCUT2D eigenvalue weighted by Crippen LogP contribution is 2.48. The molecule has 3 amide bonds. The lowest BCUT2D eigenvalue weighted by Gasteiger charge is -2.26. The number of benzene rings is 2. The lowest BCUT2D eigenvalue weighted by atomic mass is 10.0. The first-order valence-corrected chi connectivity index (χ1v) is 31.7. The van der Waals surface area contributed by atoms with E-state index in [0.29, 0.717) is 84.5 Å². The van der Waals surface area contributed by atoms with Crippen LogP contribution in [0.25, 0.3) is 55.4 Å². The number of ketones is 2. The van der Waals surface area contributed by atoms with Crippen LogP contribution in [0.15, 0.2) is 107 Å². The molecule has 6 atom stereocenters. The van der Waals surface area contributed by atoms with Gasteiger partial charge in [-0.2, -0.15) is 33.9 Å². The molecule has 92 heavy (non-hydrogen) atoms. The number of likely N-dealkylation sites (tertiary alicyclic amines) is 1. The van der Waals surface area contributed by atoms with E-state index < -0.39 is 12.0 Å². The molecule has 476 valence electrons. The van der Waals surface area contributed by atoms with Gasteiger partial charge in [0.25, 0.3) is 0 Å². The van der Waals surface area contributed by atoms with E-state index in [1.807, 2.05) is 54.9 Å². The number of hydrogen-bond donors (Lipinski definition) is 4. The topological polar surface area (TPSA) is 310 Å². The molecule has 25 nitrogen and oxygen atoms in total. The number of carboxylic acid groups (broad SMARTS) is 1. The van der Waals surface area contributed by atoms with Crippen LogP contribution in [0.3, 0.4) is 0 Å². The van der Waals surface area contributed by atoms with Crippen LogP contribution in [0.4, 0.5) is 11.6 Å². The Balaban J connectivity index is 0.000000162. The second kappa shape index (κ2) is 27.7. The molecule has 0 bridgehead atoms. The van der Waals surface area contributed by atoms with Gasteiger partial charge in [-0.05, 0) is 130 Å². The molecule has 4 aliphatic carbocycles. The number of rotatable bonds is 14. The number of Topliss-reactive ketones (excluding diaryl/α,β-unsaturated/α-hetero) is 2. The lowest BCUT2D eigenvalue weighted by molar-refractivity contribution is -0.138. The number of carboxylic acids is 1. The largest absolute Gasteiger partial charge is 0.480 e. The summed E-state index contributed by atoms with van der Waals surface area (Å²) in [6.07, 6.45) is 21.9. The highest BCUT2D eigenvalue weighted by Gasteiger charge is 2.56. The Labute approximate surface area is 565 Å². The van der Waals surface area contributed by atoms with E-state index in [1.54, 1.807) is 49.5 Å². The molecule has 0 spiro atoms. The Hall–Kier alpha value is -8.00. The number of anilines is 2. The summed E-state index contributed by atoms with van der Waals surface area (Å²) in [5, 5.41) is 37.3. The maximum Gasteiger partial charge on any atom is 0.325 e. The second-order valence-electron chi connectivity index (χ2n) is 23.1. The SMILES string of the molecule is C.CC(=O)c1nn(CC(=O)N2[C@@H]3C[C@@H]3C[C@H]2C(=O)Nc2cncc(Br)n2)c2ccc(-c3cnc4cc(C5CC5)nn4c3)cc12.CC(=O)c1nn(CC(=O)O)c2ccc(-c3cnc4cc(C5CC5)nn4c3)cc12.Cl.O=C(Nc1cncc(Br)n1)[C@@H]1C[C@H]2C[C@H]2N1.S.S=S. The van der Waals surface area contributed by atoms with Crippen LogP contribution < -0.4 is 16.0 Å². The first-order chi connectivity index (χ1) is 43.0. The van der Waals surface area contributed by atoms with E-state index in [0.717, 1.165) is 57.8 Å². The normalized spacial score (nSPS) is 19.5. The number of piperidine rings is 2. The quantitative estimate of drug-likeness (QED) is 0.0738. The summed E-state index contributed by atoms with van der Waals surface area (Å²) in [4.78, 5) is 102. The van der Waals surface area contributed by atoms with Crippen molar-refractivity contribution in [2.24, 2.45) is 11.8 Å². The van der Waals surface area contributed by atoms with Gasteiger partial charge in [0.1, 0.15) is 39.7 Å². The molecule has 8 aromatic heterocycles. The predicted octanol–water partition coefficient (Wildman–Crippen LogP) is 9.01. The van der Waals surface area contributed by atoms with Gasteiger partial charge in [0, 0.05) is 119 Å². The molecule has 4 N–H and O–H groups in total. The molecule has 6 aliphatic rings. The average Bonchev–Trinajstić information content (AvgIpc) is 1.59.